The highest BCUT2D eigenvalue weighted by Crippen LogP contribution is 2.29. The molecule has 0 spiro atoms. The van der Waals surface area contributed by atoms with Crippen LogP contribution in [0.3, 0.4) is 0 Å². The fourth-order valence-electron chi connectivity index (χ4n) is 4.71. The molecule has 0 radical (unpaired) electrons. The molecule has 0 saturated carbocycles. The number of hydrogen-bond acceptors (Lipinski definition) is 5. The minimum atomic E-state index is -0.165. The molecule has 2 fully saturated rings. The van der Waals surface area contributed by atoms with E-state index in [4.69, 9.17) is 0 Å². The van der Waals surface area contributed by atoms with Crippen molar-refractivity contribution in [2.75, 3.05) is 37.6 Å². The van der Waals surface area contributed by atoms with Gasteiger partial charge in [0.05, 0.1) is 0 Å². The molecular formula is C24H33N5O2. The maximum atomic E-state index is 12.9. The number of ketones is 1. The zero-order chi connectivity index (χ0) is 22.1. The summed E-state index contributed by atoms with van der Waals surface area (Å²) in [5, 5.41) is 4.13. The third-order valence-corrected chi connectivity index (χ3v) is 6.50. The Morgan fingerprint density at radius 2 is 1.90 bits per heavy atom. The molecule has 2 aromatic rings. The molecule has 0 aliphatic carbocycles. The van der Waals surface area contributed by atoms with Gasteiger partial charge in [0.1, 0.15) is 5.69 Å². The highest BCUT2D eigenvalue weighted by molar-refractivity contribution is 5.92. The minimum Gasteiger partial charge on any atom is -0.371 e. The SMILES string of the molecule is CC(=O)c1ccn(C(=O)N2CCN(Cc3ccc(C)cc3N3CC[C@H](C)C3)C[C@H]2C)n1. The van der Waals surface area contributed by atoms with Crippen LogP contribution in [-0.2, 0) is 6.54 Å². The van der Waals surface area contributed by atoms with Gasteiger partial charge in [0.15, 0.2) is 5.78 Å². The van der Waals surface area contributed by atoms with E-state index in [2.05, 4.69) is 53.9 Å². The number of benzene rings is 1. The second-order valence-electron chi connectivity index (χ2n) is 9.23. The third kappa shape index (κ3) is 4.66. The Morgan fingerprint density at radius 1 is 1.10 bits per heavy atom. The van der Waals surface area contributed by atoms with Crippen LogP contribution in [0.2, 0.25) is 0 Å². The number of rotatable bonds is 4. The summed E-state index contributed by atoms with van der Waals surface area (Å²) < 4.78 is 1.29. The van der Waals surface area contributed by atoms with E-state index in [0.717, 1.165) is 38.6 Å². The number of hydrogen-bond donors (Lipinski definition) is 0. The van der Waals surface area contributed by atoms with E-state index in [9.17, 15) is 9.59 Å². The number of amides is 1. The Labute approximate surface area is 184 Å². The average Bonchev–Trinajstić information content (AvgIpc) is 3.38. The molecule has 166 valence electrons. The van der Waals surface area contributed by atoms with Gasteiger partial charge in [-0.3, -0.25) is 9.69 Å². The van der Waals surface area contributed by atoms with E-state index in [1.807, 2.05) is 4.90 Å². The number of aryl methyl sites for hydroxylation is 1. The van der Waals surface area contributed by atoms with Crippen molar-refractivity contribution in [1.29, 1.82) is 0 Å². The van der Waals surface area contributed by atoms with Crippen LogP contribution in [0.4, 0.5) is 10.5 Å². The first-order valence-corrected chi connectivity index (χ1v) is 11.3. The lowest BCUT2D eigenvalue weighted by molar-refractivity contribution is 0.0965. The van der Waals surface area contributed by atoms with Crippen molar-refractivity contribution in [3.63, 3.8) is 0 Å². The summed E-state index contributed by atoms with van der Waals surface area (Å²) >= 11 is 0. The molecule has 1 aromatic heterocycles. The van der Waals surface area contributed by atoms with Crippen LogP contribution in [-0.4, -0.2) is 70.2 Å². The summed E-state index contributed by atoms with van der Waals surface area (Å²) in [7, 11) is 0. The van der Waals surface area contributed by atoms with E-state index < -0.39 is 0 Å². The van der Waals surface area contributed by atoms with Crippen LogP contribution in [0, 0.1) is 12.8 Å². The first kappa shape index (κ1) is 21.6. The minimum absolute atomic E-state index is 0.0759. The Kier molecular flexibility index (Phi) is 6.14. The van der Waals surface area contributed by atoms with Gasteiger partial charge >= 0.3 is 6.03 Å². The van der Waals surface area contributed by atoms with Crippen LogP contribution >= 0.6 is 0 Å². The van der Waals surface area contributed by atoms with Crippen molar-refractivity contribution in [2.24, 2.45) is 5.92 Å². The number of anilines is 1. The normalized spacial score (nSPS) is 22.2. The molecule has 4 rings (SSSR count). The first-order chi connectivity index (χ1) is 14.8. The molecule has 0 unspecified atom stereocenters. The van der Waals surface area contributed by atoms with Crippen LogP contribution < -0.4 is 4.90 Å². The molecule has 7 nitrogen and oxygen atoms in total. The third-order valence-electron chi connectivity index (χ3n) is 6.50. The lowest BCUT2D eigenvalue weighted by atomic mass is 10.1. The summed E-state index contributed by atoms with van der Waals surface area (Å²) in [5.74, 6) is 0.611. The molecule has 2 aliphatic heterocycles. The molecule has 0 N–H and O–H groups in total. The summed E-state index contributed by atoms with van der Waals surface area (Å²) in [6, 6.07) is 8.29. The molecule has 3 heterocycles. The Balaban J connectivity index is 1.42. The topological polar surface area (TPSA) is 61.7 Å². The zero-order valence-corrected chi connectivity index (χ0v) is 19.0. The predicted molar refractivity (Wildman–Crippen MR) is 122 cm³/mol. The highest BCUT2D eigenvalue weighted by Gasteiger charge is 2.30. The Bertz CT molecular complexity index is 969. The molecule has 31 heavy (non-hydrogen) atoms. The zero-order valence-electron chi connectivity index (χ0n) is 19.0. The second-order valence-corrected chi connectivity index (χ2v) is 9.23. The van der Waals surface area contributed by atoms with Crippen LogP contribution in [0.1, 0.15) is 48.8 Å². The second kappa shape index (κ2) is 8.83. The summed E-state index contributed by atoms with van der Waals surface area (Å²) in [5.41, 5.74) is 4.35. The van der Waals surface area contributed by atoms with Gasteiger partial charge in [-0.15, -0.1) is 0 Å². The number of piperazine rings is 1. The van der Waals surface area contributed by atoms with Crippen molar-refractivity contribution >= 4 is 17.5 Å². The fourth-order valence-corrected chi connectivity index (χ4v) is 4.71. The van der Waals surface area contributed by atoms with Gasteiger partial charge in [0.2, 0.25) is 0 Å². The molecule has 2 atom stereocenters. The first-order valence-electron chi connectivity index (χ1n) is 11.3. The number of nitrogens with zero attached hydrogens (tertiary/aromatic N) is 5. The molecule has 1 amide bonds. The smallest absolute Gasteiger partial charge is 0.344 e. The Morgan fingerprint density at radius 3 is 2.55 bits per heavy atom. The largest absolute Gasteiger partial charge is 0.371 e. The standard InChI is InChI=1S/C24H33N5O2/c1-17-5-6-21(23(13-17)27-9-7-18(2)14-27)16-26-11-12-28(19(3)15-26)24(31)29-10-8-22(25-29)20(4)30/h5-6,8,10,13,18-19H,7,9,11-12,14-16H2,1-4H3/t18-,19+/m0/s1. The van der Waals surface area contributed by atoms with E-state index in [1.165, 1.54) is 34.8 Å². The molecule has 0 bridgehead atoms. The van der Waals surface area contributed by atoms with Gasteiger partial charge in [-0.2, -0.15) is 9.78 Å². The summed E-state index contributed by atoms with van der Waals surface area (Å²) in [4.78, 5) is 31.2. The van der Waals surface area contributed by atoms with Crippen molar-refractivity contribution in [2.45, 2.75) is 46.7 Å². The van der Waals surface area contributed by atoms with E-state index in [1.54, 1.807) is 12.3 Å². The molecule has 2 saturated heterocycles. The molecule has 7 heteroatoms. The van der Waals surface area contributed by atoms with Crippen molar-refractivity contribution in [3.05, 3.63) is 47.3 Å². The molecular weight excluding hydrogens is 390 g/mol. The van der Waals surface area contributed by atoms with Crippen LogP contribution in [0.5, 0.6) is 0 Å². The number of carbonyl (C=O) groups is 2. The van der Waals surface area contributed by atoms with Gasteiger partial charge in [-0.1, -0.05) is 19.1 Å². The van der Waals surface area contributed by atoms with Crippen molar-refractivity contribution < 1.29 is 9.59 Å². The molecule has 1 aromatic carbocycles. The maximum absolute atomic E-state index is 12.9. The summed E-state index contributed by atoms with van der Waals surface area (Å²) in [6.45, 7) is 13.5. The van der Waals surface area contributed by atoms with Crippen molar-refractivity contribution in [3.8, 4) is 0 Å². The van der Waals surface area contributed by atoms with E-state index in [0.29, 0.717) is 12.2 Å². The van der Waals surface area contributed by atoms with E-state index >= 15 is 0 Å². The predicted octanol–water partition coefficient (Wildman–Crippen LogP) is 3.41. The maximum Gasteiger partial charge on any atom is 0.344 e. The highest BCUT2D eigenvalue weighted by atomic mass is 16.2. The number of aromatic nitrogens is 2. The van der Waals surface area contributed by atoms with Gasteiger partial charge in [0.25, 0.3) is 0 Å². The van der Waals surface area contributed by atoms with Gasteiger partial charge < -0.3 is 9.80 Å². The van der Waals surface area contributed by atoms with Crippen LogP contribution in [0.25, 0.3) is 0 Å². The lowest BCUT2D eigenvalue weighted by Crippen LogP contribution is -2.54. The van der Waals surface area contributed by atoms with Gasteiger partial charge in [-0.25, -0.2) is 4.79 Å². The monoisotopic (exact) mass is 423 g/mol. The summed E-state index contributed by atoms with van der Waals surface area (Å²) in [6.07, 6.45) is 2.83. The van der Waals surface area contributed by atoms with Crippen LogP contribution in [0.15, 0.2) is 30.5 Å². The van der Waals surface area contributed by atoms with Crippen molar-refractivity contribution in [1.82, 2.24) is 19.6 Å². The quantitative estimate of drug-likeness (QED) is 0.706. The van der Waals surface area contributed by atoms with Gasteiger partial charge in [0, 0.05) is 64.1 Å². The molecule has 2 aliphatic rings. The van der Waals surface area contributed by atoms with E-state index in [-0.39, 0.29) is 17.9 Å². The number of Topliss-reactive ketones (excluding diaryl/α,β-unsaturated/α-hetero) is 1. The lowest BCUT2D eigenvalue weighted by Gasteiger charge is -2.40. The average molecular weight is 424 g/mol. The number of carbonyl (C=O) groups excluding carboxylic acids is 2. The fraction of sp³-hybridized carbons (Fsp3) is 0.542. The Hall–Kier alpha value is -2.67. The van der Waals surface area contributed by atoms with Gasteiger partial charge in [-0.05, 0) is 49.4 Å².